The Balaban J connectivity index is 2.03. The van der Waals surface area contributed by atoms with Crippen LogP contribution in [0.2, 0.25) is 0 Å². The average molecular weight is 236 g/mol. The largest absolute Gasteiger partial charge is 0.367 e. The van der Waals surface area contributed by atoms with Gasteiger partial charge >= 0.3 is 0 Å². The van der Waals surface area contributed by atoms with Crippen molar-refractivity contribution in [3.8, 4) is 0 Å². The van der Waals surface area contributed by atoms with Crippen LogP contribution in [0.1, 0.15) is 33.6 Å². The molecule has 0 spiro atoms. The monoisotopic (exact) mass is 236 g/mol. The van der Waals surface area contributed by atoms with Gasteiger partial charge in [0.15, 0.2) is 6.29 Å². The van der Waals surface area contributed by atoms with Crippen molar-refractivity contribution in [3.05, 3.63) is 12.2 Å². The highest BCUT2D eigenvalue weighted by Gasteiger charge is 2.62. The van der Waals surface area contributed by atoms with Crippen molar-refractivity contribution in [2.45, 2.75) is 39.9 Å². The van der Waals surface area contributed by atoms with Gasteiger partial charge in [-0.05, 0) is 41.9 Å². The molecule has 2 heteroatoms. The van der Waals surface area contributed by atoms with Gasteiger partial charge in [0.2, 0.25) is 0 Å². The Kier molecular flexibility index (Phi) is 2.47. The molecule has 6 atom stereocenters. The Morgan fingerprint density at radius 1 is 1.47 bits per heavy atom. The second-order valence-electron chi connectivity index (χ2n) is 6.82. The fourth-order valence-corrected chi connectivity index (χ4v) is 4.84. The van der Waals surface area contributed by atoms with E-state index in [0.29, 0.717) is 17.8 Å². The Morgan fingerprint density at radius 3 is 2.82 bits per heavy atom. The summed E-state index contributed by atoms with van der Waals surface area (Å²) < 4.78 is 5.56. The quantitative estimate of drug-likeness (QED) is 0.709. The predicted molar refractivity (Wildman–Crippen MR) is 67.2 cm³/mol. The molecule has 1 heterocycles. The number of hydrogen-bond acceptors (Lipinski definition) is 2. The van der Waals surface area contributed by atoms with Crippen LogP contribution in [-0.2, 0) is 4.74 Å². The lowest BCUT2D eigenvalue weighted by molar-refractivity contribution is -0.193. The average Bonchev–Trinajstić information content (AvgIpc) is 2.35. The molecule has 1 aliphatic heterocycles. The lowest BCUT2D eigenvalue weighted by Gasteiger charge is -2.46. The molecule has 2 aliphatic carbocycles. The van der Waals surface area contributed by atoms with Crippen LogP contribution in [0.5, 0.6) is 0 Å². The van der Waals surface area contributed by atoms with Crippen molar-refractivity contribution in [3.63, 3.8) is 0 Å². The smallest absolute Gasteiger partial charge is 0.161 e. The molecule has 1 saturated heterocycles. The van der Waals surface area contributed by atoms with Crippen LogP contribution in [0.25, 0.3) is 0 Å². The highest BCUT2D eigenvalue weighted by Crippen LogP contribution is 2.66. The second kappa shape index (κ2) is 3.58. The molecule has 0 aromatic heterocycles. The van der Waals surface area contributed by atoms with E-state index in [1.165, 1.54) is 18.4 Å². The molecule has 3 rings (SSSR count). The first-order chi connectivity index (χ1) is 7.97. The predicted octanol–water partition coefficient (Wildman–Crippen LogP) is 2.83. The van der Waals surface area contributed by atoms with E-state index in [4.69, 9.17) is 4.74 Å². The summed E-state index contributed by atoms with van der Waals surface area (Å²) in [6.07, 6.45) is 1.91. The van der Waals surface area contributed by atoms with E-state index in [1.807, 2.05) is 0 Å². The molecule has 3 fully saturated rings. The SMILES string of the molecule is C=C1[C@H]2[C@H]3[C@@H](C(C)C)CC[C@]1(C)[C@H]3CO[C@H]2O. The third-order valence-corrected chi connectivity index (χ3v) is 5.94. The summed E-state index contributed by atoms with van der Waals surface area (Å²) in [5, 5.41) is 10.1. The third kappa shape index (κ3) is 1.34. The van der Waals surface area contributed by atoms with E-state index in [0.717, 1.165) is 12.5 Å². The van der Waals surface area contributed by atoms with Crippen LogP contribution in [0.3, 0.4) is 0 Å². The summed E-state index contributed by atoms with van der Waals surface area (Å²) in [6, 6.07) is 0. The summed E-state index contributed by atoms with van der Waals surface area (Å²) in [5.41, 5.74) is 1.48. The molecule has 2 nitrogen and oxygen atoms in total. The summed E-state index contributed by atoms with van der Waals surface area (Å²) in [6.45, 7) is 12.0. The van der Waals surface area contributed by atoms with Gasteiger partial charge in [-0.25, -0.2) is 0 Å². The zero-order valence-electron chi connectivity index (χ0n) is 11.1. The number of aliphatic hydroxyl groups is 1. The molecule has 96 valence electrons. The van der Waals surface area contributed by atoms with Crippen LogP contribution in [0.4, 0.5) is 0 Å². The number of aliphatic hydroxyl groups excluding tert-OH is 1. The Hall–Kier alpha value is -0.340. The molecule has 4 bridgehead atoms. The van der Waals surface area contributed by atoms with Gasteiger partial charge in [0.05, 0.1) is 6.61 Å². The number of rotatable bonds is 1. The number of hydrogen-bond donors (Lipinski definition) is 1. The van der Waals surface area contributed by atoms with E-state index < -0.39 is 6.29 Å². The molecular formula is C15H24O2. The van der Waals surface area contributed by atoms with Crippen molar-refractivity contribution >= 4 is 0 Å². The van der Waals surface area contributed by atoms with Crippen molar-refractivity contribution in [2.24, 2.45) is 35.0 Å². The molecule has 0 amide bonds. The molecular weight excluding hydrogens is 212 g/mol. The van der Waals surface area contributed by atoms with Gasteiger partial charge in [0, 0.05) is 5.92 Å². The maximum Gasteiger partial charge on any atom is 0.161 e. The van der Waals surface area contributed by atoms with Gasteiger partial charge < -0.3 is 9.84 Å². The van der Waals surface area contributed by atoms with Gasteiger partial charge in [0.1, 0.15) is 0 Å². The van der Waals surface area contributed by atoms with E-state index in [9.17, 15) is 5.11 Å². The van der Waals surface area contributed by atoms with E-state index in [2.05, 4.69) is 27.4 Å². The summed E-state index contributed by atoms with van der Waals surface area (Å²) in [7, 11) is 0. The van der Waals surface area contributed by atoms with Gasteiger partial charge in [-0.2, -0.15) is 0 Å². The first-order valence-electron chi connectivity index (χ1n) is 6.95. The fourth-order valence-electron chi connectivity index (χ4n) is 4.84. The highest BCUT2D eigenvalue weighted by molar-refractivity contribution is 5.28. The lowest BCUT2D eigenvalue weighted by atomic mass is 9.61. The second-order valence-corrected chi connectivity index (χ2v) is 6.82. The van der Waals surface area contributed by atoms with E-state index in [-0.39, 0.29) is 11.3 Å². The third-order valence-electron chi connectivity index (χ3n) is 5.94. The maximum atomic E-state index is 10.1. The molecule has 0 aromatic rings. The molecule has 17 heavy (non-hydrogen) atoms. The maximum absolute atomic E-state index is 10.1. The van der Waals surface area contributed by atoms with Crippen LogP contribution >= 0.6 is 0 Å². The minimum absolute atomic E-state index is 0.189. The Bertz CT molecular complexity index is 349. The van der Waals surface area contributed by atoms with Crippen LogP contribution in [-0.4, -0.2) is 18.0 Å². The first-order valence-corrected chi connectivity index (χ1v) is 6.95. The Morgan fingerprint density at radius 2 is 2.18 bits per heavy atom. The highest BCUT2D eigenvalue weighted by atomic mass is 16.6. The standard InChI is InChI=1S/C15H24O2/c1-8(2)10-5-6-15(4)9(3)12-13(10)11(15)7-17-14(12)16/h8,10-14,16H,3,5-7H2,1-2,4H3/t10-,11+,12+,13+,14-,15+/m1/s1. The normalized spacial score (nSPS) is 53.2. The van der Waals surface area contributed by atoms with Crippen LogP contribution in [0.15, 0.2) is 12.2 Å². The summed E-state index contributed by atoms with van der Waals surface area (Å²) in [4.78, 5) is 0. The zero-order chi connectivity index (χ0) is 12.4. The molecule has 0 unspecified atom stereocenters. The van der Waals surface area contributed by atoms with Crippen molar-refractivity contribution in [2.75, 3.05) is 6.61 Å². The molecule has 1 N–H and O–H groups in total. The summed E-state index contributed by atoms with van der Waals surface area (Å²) >= 11 is 0. The molecule has 0 aromatic carbocycles. The molecule has 2 saturated carbocycles. The topological polar surface area (TPSA) is 29.5 Å². The van der Waals surface area contributed by atoms with Crippen molar-refractivity contribution in [1.82, 2.24) is 0 Å². The van der Waals surface area contributed by atoms with Crippen LogP contribution in [0, 0.1) is 35.0 Å². The van der Waals surface area contributed by atoms with Crippen molar-refractivity contribution in [1.29, 1.82) is 0 Å². The minimum atomic E-state index is -0.607. The summed E-state index contributed by atoms with van der Waals surface area (Å²) in [5.74, 6) is 2.81. The van der Waals surface area contributed by atoms with E-state index >= 15 is 0 Å². The Labute approximate surface area is 104 Å². The first kappa shape index (κ1) is 11.7. The number of ether oxygens (including phenoxy) is 1. The van der Waals surface area contributed by atoms with E-state index in [1.54, 1.807) is 0 Å². The molecule has 0 radical (unpaired) electrons. The molecule has 3 aliphatic rings. The van der Waals surface area contributed by atoms with Gasteiger partial charge in [-0.3, -0.25) is 0 Å². The van der Waals surface area contributed by atoms with Crippen molar-refractivity contribution < 1.29 is 9.84 Å². The zero-order valence-corrected chi connectivity index (χ0v) is 11.1. The lowest BCUT2D eigenvalue weighted by Crippen LogP contribution is -2.46. The van der Waals surface area contributed by atoms with Gasteiger partial charge in [-0.15, -0.1) is 0 Å². The van der Waals surface area contributed by atoms with Crippen LogP contribution < -0.4 is 0 Å². The van der Waals surface area contributed by atoms with Gasteiger partial charge in [0.25, 0.3) is 0 Å². The van der Waals surface area contributed by atoms with Gasteiger partial charge in [-0.1, -0.05) is 32.9 Å². The fraction of sp³-hybridized carbons (Fsp3) is 0.867. The minimum Gasteiger partial charge on any atom is -0.367 e.